The van der Waals surface area contributed by atoms with Crippen LogP contribution in [0.4, 0.5) is 11.8 Å². The molecule has 0 bridgehead atoms. The van der Waals surface area contributed by atoms with E-state index in [1.54, 1.807) is 0 Å². The molecule has 2 rings (SSSR count). The number of carbonyl (C=O) groups is 1. The van der Waals surface area contributed by atoms with Crippen molar-refractivity contribution in [3.05, 3.63) is 11.8 Å². The number of piperazine rings is 1. The summed E-state index contributed by atoms with van der Waals surface area (Å²) in [4.78, 5) is 22.4. The first-order valence-electron chi connectivity index (χ1n) is 6.41. The van der Waals surface area contributed by atoms with Gasteiger partial charge in [-0.15, -0.1) is 0 Å². The minimum atomic E-state index is -0.428. The Hall–Kier alpha value is -1.89. The Morgan fingerprint density at radius 1 is 1.53 bits per heavy atom. The fourth-order valence-corrected chi connectivity index (χ4v) is 1.95. The van der Waals surface area contributed by atoms with Crippen LogP contribution in [-0.4, -0.2) is 55.8 Å². The second-order valence-electron chi connectivity index (χ2n) is 4.19. The molecule has 7 nitrogen and oxygen atoms in total. The summed E-state index contributed by atoms with van der Waals surface area (Å²) in [5, 5.41) is 6.35. The number of nitrogens with one attached hydrogen (secondary N) is 2. The molecule has 0 aliphatic carbocycles. The molecular formula is C12H19N5O2. The first kappa shape index (κ1) is 13.5. The maximum Gasteiger partial charge on any atom is 0.343 e. The Balaban J connectivity index is 2.26. The topological polar surface area (TPSA) is 79.4 Å². The van der Waals surface area contributed by atoms with Crippen molar-refractivity contribution in [3.8, 4) is 0 Å². The van der Waals surface area contributed by atoms with E-state index in [4.69, 9.17) is 4.74 Å². The highest BCUT2D eigenvalue weighted by atomic mass is 16.5. The number of nitrogens with zero attached hydrogens (tertiary/aromatic N) is 3. The van der Waals surface area contributed by atoms with Gasteiger partial charge in [0.1, 0.15) is 11.4 Å². The molecule has 1 aromatic rings. The van der Waals surface area contributed by atoms with Crippen molar-refractivity contribution in [2.75, 3.05) is 50.1 Å². The number of rotatable bonds is 4. The molecule has 1 aliphatic heterocycles. The average molecular weight is 265 g/mol. The van der Waals surface area contributed by atoms with E-state index in [1.807, 2.05) is 6.92 Å². The molecule has 0 amide bonds. The van der Waals surface area contributed by atoms with Gasteiger partial charge in [0, 0.05) is 38.9 Å². The Labute approximate surface area is 112 Å². The molecule has 2 N–H and O–H groups in total. The van der Waals surface area contributed by atoms with Crippen molar-refractivity contribution in [2.45, 2.75) is 6.92 Å². The summed E-state index contributed by atoms with van der Waals surface area (Å²) in [7, 11) is 1.35. The molecule has 1 fully saturated rings. The van der Waals surface area contributed by atoms with Gasteiger partial charge in [0.15, 0.2) is 0 Å². The van der Waals surface area contributed by atoms with Crippen molar-refractivity contribution >= 4 is 17.7 Å². The smallest absolute Gasteiger partial charge is 0.343 e. The third-order valence-electron chi connectivity index (χ3n) is 2.93. The zero-order valence-electron chi connectivity index (χ0n) is 11.3. The van der Waals surface area contributed by atoms with Gasteiger partial charge in [0.2, 0.25) is 5.95 Å². The van der Waals surface area contributed by atoms with E-state index in [9.17, 15) is 4.79 Å². The lowest BCUT2D eigenvalue weighted by Gasteiger charge is -2.27. The number of aromatic nitrogens is 2. The Morgan fingerprint density at radius 2 is 2.26 bits per heavy atom. The van der Waals surface area contributed by atoms with Crippen LogP contribution in [0, 0.1) is 0 Å². The van der Waals surface area contributed by atoms with Gasteiger partial charge in [0.25, 0.3) is 0 Å². The maximum absolute atomic E-state index is 11.6. The van der Waals surface area contributed by atoms with Crippen molar-refractivity contribution in [1.82, 2.24) is 15.3 Å². The largest absolute Gasteiger partial charge is 0.465 e. The Bertz CT molecular complexity index is 446. The van der Waals surface area contributed by atoms with E-state index in [0.717, 1.165) is 26.2 Å². The van der Waals surface area contributed by atoms with Gasteiger partial charge in [-0.1, -0.05) is 0 Å². The number of carbonyl (C=O) groups excluding carboxylic acids is 1. The molecule has 0 saturated carbocycles. The zero-order chi connectivity index (χ0) is 13.7. The van der Waals surface area contributed by atoms with Crippen LogP contribution in [-0.2, 0) is 4.74 Å². The molecule has 0 atom stereocenters. The number of esters is 1. The van der Waals surface area contributed by atoms with E-state index < -0.39 is 5.97 Å². The Morgan fingerprint density at radius 3 is 2.89 bits per heavy atom. The van der Waals surface area contributed by atoms with Gasteiger partial charge in [-0.2, -0.15) is 4.98 Å². The summed E-state index contributed by atoms with van der Waals surface area (Å²) >= 11 is 0. The maximum atomic E-state index is 11.6. The van der Waals surface area contributed by atoms with Gasteiger partial charge in [-0.25, -0.2) is 9.78 Å². The highest BCUT2D eigenvalue weighted by Crippen LogP contribution is 2.17. The first-order chi connectivity index (χ1) is 9.26. The molecule has 1 aliphatic rings. The summed E-state index contributed by atoms with van der Waals surface area (Å²) < 4.78 is 4.73. The van der Waals surface area contributed by atoms with E-state index in [0.29, 0.717) is 23.9 Å². The predicted molar refractivity (Wildman–Crippen MR) is 72.6 cm³/mol. The van der Waals surface area contributed by atoms with Crippen molar-refractivity contribution in [1.29, 1.82) is 0 Å². The van der Waals surface area contributed by atoms with E-state index in [1.165, 1.54) is 13.3 Å². The molecule has 0 aromatic carbocycles. The number of hydrogen-bond donors (Lipinski definition) is 2. The molecule has 2 heterocycles. The fraction of sp³-hybridized carbons (Fsp3) is 0.583. The summed E-state index contributed by atoms with van der Waals surface area (Å²) in [5.41, 5.74) is 0.364. The Kier molecular flexibility index (Phi) is 4.51. The van der Waals surface area contributed by atoms with Crippen molar-refractivity contribution in [3.63, 3.8) is 0 Å². The SMILES string of the molecule is CCNc1nc(N2CCNCC2)ncc1C(=O)OC. The lowest BCUT2D eigenvalue weighted by atomic mass is 10.3. The summed E-state index contributed by atoms with van der Waals surface area (Å²) in [6, 6.07) is 0. The third kappa shape index (κ3) is 3.11. The molecular weight excluding hydrogens is 246 g/mol. The van der Waals surface area contributed by atoms with Gasteiger partial charge in [-0.05, 0) is 6.92 Å². The molecule has 0 spiro atoms. The highest BCUT2D eigenvalue weighted by molar-refractivity contribution is 5.94. The van der Waals surface area contributed by atoms with Crippen LogP contribution in [0.5, 0.6) is 0 Å². The van der Waals surface area contributed by atoms with Gasteiger partial charge in [0.05, 0.1) is 7.11 Å². The van der Waals surface area contributed by atoms with Crippen LogP contribution >= 0.6 is 0 Å². The molecule has 7 heteroatoms. The van der Waals surface area contributed by atoms with Crippen LogP contribution in [0.1, 0.15) is 17.3 Å². The van der Waals surface area contributed by atoms with Crippen LogP contribution in [0.2, 0.25) is 0 Å². The van der Waals surface area contributed by atoms with Crippen molar-refractivity contribution < 1.29 is 9.53 Å². The molecule has 1 aromatic heterocycles. The summed E-state index contributed by atoms with van der Waals surface area (Å²) in [5.74, 6) is 0.741. The van der Waals surface area contributed by atoms with E-state index >= 15 is 0 Å². The van der Waals surface area contributed by atoms with Gasteiger partial charge in [-0.3, -0.25) is 0 Å². The molecule has 104 valence electrons. The first-order valence-corrected chi connectivity index (χ1v) is 6.41. The number of methoxy groups -OCH3 is 1. The predicted octanol–water partition coefficient (Wildman–Crippen LogP) is 0.105. The summed E-state index contributed by atoms with van der Waals surface area (Å²) in [6.07, 6.45) is 1.52. The van der Waals surface area contributed by atoms with E-state index in [-0.39, 0.29) is 0 Å². The molecule has 0 radical (unpaired) electrons. The normalized spacial score (nSPS) is 15.2. The standard InChI is InChI=1S/C12H19N5O2/c1-3-14-10-9(11(18)19-2)8-15-12(16-10)17-6-4-13-5-7-17/h8,13H,3-7H2,1-2H3,(H,14,15,16). The fourth-order valence-electron chi connectivity index (χ4n) is 1.95. The monoisotopic (exact) mass is 265 g/mol. The van der Waals surface area contributed by atoms with E-state index in [2.05, 4.69) is 25.5 Å². The average Bonchev–Trinajstić information content (AvgIpc) is 2.47. The van der Waals surface area contributed by atoms with Crippen LogP contribution in [0.25, 0.3) is 0 Å². The lowest BCUT2D eigenvalue weighted by molar-refractivity contribution is 0.0601. The van der Waals surface area contributed by atoms with Gasteiger partial charge < -0.3 is 20.3 Å². The van der Waals surface area contributed by atoms with Gasteiger partial charge >= 0.3 is 5.97 Å². The minimum Gasteiger partial charge on any atom is -0.465 e. The number of ether oxygens (including phenoxy) is 1. The van der Waals surface area contributed by atoms with Crippen molar-refractivity contribution in [2.24, 2.45) is 0 Å². The molecule has 0 unspecified atom stereocenters. The van der Waals surface area contributed by atoms with Crippen LogP contribution in [0.3, 0.4) is 0 Å². The second kappa shape index (κ2) is 6.33. The zero-order valence-corrected chi connectivity index (χ0v) is 11.3. The second-order valence-corrected chi connectivity index (χ2v) is 4.19. The summed E-state index contributed by atoms with van der Waals surface area (Å²) in [6.45, 7) is 6.19. The highest BCUT2D eigenvalue weighted by Gasteiger charge is 2.18. The van der Waals surface area contributed by atoms with Crippen LogP contribution < -0.4 is 15.5 Å². The molecule has 19 heavy (non-hydrogen) atoms. The third-order valence-corrected chi connectivity index (χ3v) is 2.93. The number of anilines is 2. The minimum absolute atomic E-state index is 0.364. The lowest BCUT2D eigenvalue weighted by Crippen LogP contribution is -2.44. The van der Waals surface area contributed by atoms with Crippen LogP contribution in [0.15, 0.2) is 6.20 Å². The number of hydrogen-bond acceptors (Lipinski definition) is 7. The molecule has 1 saturated heterocycles. The quantitative estimate of drug-likeness (QED) is 0.748.